The average molecular weight is 481 g/mol. The van der Waals surface area contributed by atoms with E-state index < -0.39 is 53.8 Å². The van der Waals surface area contributed by atoms with Gasteiger partial charge in [0.05, 0.1) is 18.4 Å². The Balaban J connectivity index is 2.83. The van der Waals surface area contributed by atoms with Gasteiger partial charge in [-0.05, 0) is 46.6 Å². The van der Waals surface area contributed by atoms with Crippen molar-refractivity contribution < 1.29 is 24.0 Å². The molecule has 13 nitrogen and oxygen atoms in total. The standard InChI is InChI=1S/C21H36N8O5/c1-12(10-30)26-20(33)16(6-4-5-7-22)28-19(32)14(3)27-21(34)17(29-18(31)13(2)23)8-15-9-24-11-25-15/h9-14,16-17H,4-8,22-23H2,1-3H3,(H,24,25)(H,26,33)(H,27,34)(H,28,32)(H,29,31)/t12-,13-,14-,16-,17-/m0/s1. The molecule has 9 N–H and O–H groups in total. The fourth-order valence-electron chi connectivity index (χ4n) is 2.93. The second kappa shape index (κ2) is 14.8. The van der Waals surface area contributed by atoms with Gasteiger partial charge in [-0.1, -0.05) is 0 Å². The maximum atomic E-state index is 12.8. The number of unbranched alkanes of at least 4 members (excludes halogenated alkanes) is 1. The van der Waals surface area contributed by atoms with E-state index in [1.165, 1.54) is 33.3 Å². The molecule has 1 aromatic heterocycles. The molecule has 34 heavy (non-hydrogen) atoms. The fraction of sp³-hybridized carbons (Fsp3) is 0.619. The Labute approximate surface area is 198 Å². The monoisotopic (exact) mass is 480 g/mol. The molecule has 0 unspecified atom stereocenters. The van der Waals surface area contributed by atoms with Crippen molar-refractivity contribution in [3.63, 3.8) is 0 Å². The molecule has 1 heterocycles. The topological polar surface area (TPSA) is 214 Å². The van der Waals surface area contributed by atoms with Gasteiger partial charge in [0.2, 0.25) is 23.6 Å². The summed E-state index contributed by atoms with van der Waals surface area (Å²) in [5, 5.41) is 10.2. The van der Waals surface area contributed by atoms with E-state index in [2.05, 4.69) is 31.2 Å². The molecule has 0 aliphatic heterocycles. The number of amides is 4. The summed E-state index contributed by atoms with van der Waals surface area (Å²) < 4.78 is 0. The molecule has 0 saturated carbocycles. The predicted molar refractivity (Wildman–Crippen MR) is 124 cm³/mol. The number of imidazole rings is 1. The normalized spacial score (nSPS) is 15.2. The van der Waals surface area contributed by atoms with Crippen LogP contribution in [0.25, 0.3) is 0 Å². The van der Waals surface area contributed by atoms with Gasteiger partial charge in [-0.3, -0.25) is 19.2 Å². The first-order chi connectivity index (χ1) is 16.1. The van der Waals surface area contributed by atoms with Crippen LogP contribution in [-0.4, -0.2) is 76.6 Å². The first-order valence-electron chi connectivity index (χ1n) is 11.2. The lowest BCUT2D eigenvalue weighted by molar-refractivity contribution is -0.133. The fourth-order valence-corrected chi connectivity index (χ4v) is 2.93. The van der Waals surface area contributed by atoms with E-state index in [4.69, 9.17) is 11.5 Å². The number of hydrogen-bond acceptors (Lipinski definition) is 8. The zero-order valence-corrected chi connectivity index (χ0v) is 19.8. The number of rotatable bonds is 15. The van der Waals surface area contributed by atoms with Crippen molar-refractivity contribution in [2.24, 2.45) is 11.5 Å². The quantitative estimate of drug-likeness (QED) is 0.106. The van der Waals surface area contributed by atoms with Crippen LogP contribution in [0.5, 0.6) is 0 Å². The summed E-state index contributed by atoms with van der Waals surface area (Å²) in [5.41, 5.74) is 11.7. The summed E-state index contributed by atoms with van der Waals surface area (Å²) in [6, 6.07) is -4.47. The van der Waals surface area contributed by atoms with Crippen LogP contribution in [0.4, 0.5) is 0 Å². The summed E-state index contributed by atoms with van der Waals surface area (Å²) in [7, 11) is 0. The van der Waals surface area contributed by atoms with Crippen molar-refractivity contribution in [3.8, 4) is 0 Å². The van der Waals surface area contributed by atoms with Crippen LogP contribution < -0.4 is 32.7 Å². The first-order valence-corrected chi connectivity index (χ1v) is 11.2. The highest BCUT2D eigenvalue weighted by molar-refractivity contribution is 5.94. The van der Waals surface area contributed by atoms with Gasteiger partial charge in [-0.25, -0.2) is 4.98 Å². The molecule has 1 aromatic rings. The van der Waals surface area contributed by atoms with Crippen LogP contribution in [0.3, 0.4) is 0 Å². The molecule has 13 heteroatoms. The molecule has 0 aromatic carbocycles. The molecule has 4 amide bonds. The van der Waals surface area contributed by atoms with Crippen LogP contribution in [0.2, 0.25) is 0 Å². The number of aldehydes is 1. The van der Waals surface area contributed by atoms with Gasteiger partial charge >= 0.3 is 0 Å². The van der Waals surface area contributed by atoms with Crippen molar-refractivity contribution in [3.05, 3.63) is 18.2 Å². The third-order valence-electron chi connectivity index (χ3n) is 4.93. The van der Waals surface area contributed by atoms with Crippen LogP contribution in [0.1, 0.15) is 45.7 Å². The molecule has 0 aliphatic carbocycles. The van der Waals surface area contributed by atoms with Gasteiger partial charge in [-0.2, -0.15) is 0 Å². The molecular formula is C21H36N8O5. The lowest BCUT2D eigenvalue weighted by atomic mass is 10.1. The number of H-pyrrole nitrogens is 1. The number of nitrogens with zero attached hydrogens (tertiary/aromatic N) is 1. The number of nitrogens with one attached hydrogen (secondary N) is 5. The molecule has 5 atom stereocenters. The maximum Gasteiger partial charge on any atom is 0.243 e. The molecular weight excluding hydrogens is 444 g/mol. The Kier molecular flexibility index (Phi) is 12.5. The summed E-state index contributed by atoms with van der Waals surface area (Å²) >= 11 is 0. The van der Waals surface area contributed by atoms with E-state index >= 15 is 0 Å². The van der Waals surface area contributed by atoms with E-state index in [1.807, 2.05) is 0 Å². The van der Waals surface area contributed by atoms with Crippen LogP contribution >= 0.6 is 0 Å². The van der Waals surface area contributed by atoms with E-state index in [0.717, 1.165) is 0 Å². The predicted octanol–water partition coefficient (Wildman–Crippen LogP) is -2.39. The van der Waals surface area contributed by atoms with Gasteiger partial charge in [-0.15, -0.1) is 0 Å². The minimum atomic E-state index is -1.02. The van der Waals surface area contributed by atoms with Gasteiger partial charge in [0.25, 0.3) is 0 Å². The van der Waals surface area contributed by atoms with Crippen LogP contribution in [-0.2, 0) is 30.4 Å². The summed E-state index contributed by atoms with van der Waals surface area (Å²) in [5.74, 6) is -2.24. The number of hydrogen-bond donors (Lipinski definition) is 7. The Bertz CT molecular complexity index is 814. The summed E-state index contributed by atoms with van der Waals surface area (Å²) in [6.45, 7) is 4.89. The largest absolute Gasteiger partial charge is 0.348 e. The maximum absolute atomic E-state index is 12.8. The zero-order valence-electron chi connectivity index (χ0n) is 19.8. The lowest BCUT2D eigenvalue weighted by Gasteiger charge is -2.24. The van der Waals surface area contributed by atoms with Crippen molar-refractivity contribution >= 4 is 29.9 Å². The van der Waals surface area contributed by atoms with Crippen LogP contribution in [0, 0.1) is 0 Å². The van der Waals surface area contributed by atoms with E-state index in [-0.39, 0.29) is 6.42 Å². The van der Waals surface area contributed by atoms with E-state index in [0.29, 0.717) is 37.8 Å². The molecule has 0 spiro atoms. The minimum absolute atomic E-state index is 0.104. The molecule has 0 radical (unpaired) electrons. The Morgan fingerprint density at radius 1 is 0.971 bits per heavy atom. The third kappa shape index (κ3) is 10.1. The molecule has 190 valence electrons. The molecule has 0 saturated heterocycles. The molecule has 0 aliphatic rings. The highest BCUT2D eigenvalue weighted by Gasteiger charge is 2.28. The Morgan fingerprint density at radius 2 is 1.62 bits per heavy atom. The second-order valence-electron chi connectivity index (χ2n) is 8.14. The number of carbonyl (C=O) groups is 5. The molecule has 0 bridgehead atoms. The zero-order chi connectivity index (χ0) is 25.7. The van der Waals surface area contributed by atoms with Gasteiger partial charge in [0, 0.05) is 18.3 Å². The minimum Gasteiger partial charge on any atom is -0.348 e. The summed E-state index contributed by atoms with van der Waals surface area (Å²) in [4.78, 5) is 67.7. The van der Waals surface area contributed by atoms with Crippen molar-refractivity contribution in [1.29, 1.82) is 0 Å². The number of nitrogens with two attached hydrogens (primary N) is 2. The van der Waals surface area contributed by atoms with Gasteiger partial charge in [0.15, 0.2) is 0 Å². The number of carbonyl (C=O) groups excluding carboxylic acids is 5. The third-order valence-corrected chi connectivity index (χ3v) is 4.93. The number of aromatic nitrogens is 2. The SMILES string of the molecule is C[C@H](N)C(=O)N[C@@H](Cc1cnc[nH]1)C(=O)N[C@@H](C)C(=O)N[C@@H](CCCCN)C(=O)N[C@@H](C)C=O. The first kappa shape index (κ1) is 28.7. The van der Waals surface area contributed by atoms with Gasteiger partial charge in [0.1, 0.15) is 24.4 Å². The smallest absolute Gasteiger partial charge is 0.243 e. The Hall–Kier alpha value is -3.32. The second-order valence-corrected chi connectivity index (χ2v) is 8.14. The summed E-state index contributed by atoms with van der Waals surface area (Å²) in [6.07, 6.45) is 5.19. The van der Waals surface area contributed by atoms with Crippen LogP contribution in [0.15, 0.2) is 12.5 Å². The number of aromatic amines is 1. The van der Waals surface area contributed by atoms with E-state index in [1.54, 1.807) is 0 Å². The van der Waals surface area contributed by atoms with Crippen molar-refractivity contribution in [2.45, 2.75) is 76.7 Å². The average Bonchev–Trinajstić information content (AvgIpc) is 3.30. The lowest BCUT2D eigenvalue weighted by Crippen LogP contribution is -2.57. The molecule has 1 rings (SSSR count). The van der Waals surface area contributed by atoms with Crippen molar-refractivity contribution in [1.82, 2.24) is 31.2 Å². The highest BCUT2D eigenvalue weighted by atomic mass is 16.2. The van der Waals surface area contributed by atoms with Gasteiger partial charge < -0.3 is 42.5 Å². The molecule has 0 fully saturated rings. The van der Waals surface area contributed by atoms with Crippen molar-refractivity contribution in [2.75, 3.05) is 6.54 Å². The highest BCUT2D eigenvalue weighted by Crippen LogP contribution is 2.04. The van der Waals surface area contributed by atoms with E-state index in [9.17, 15) is 24.0 Å². The Morgan fingerprint density at radius 3 is 2.18 bits per heavy atom.